The van der Waals surface area contributed by atoms with E-state index in [4.69, 9.17) is 5.73 Å². The minimum atomic E-state index is -4.48. The van der Waals surface area contributed by atoms with Crippen molar-refractivity contribution in [1.82, 2.24) is 14.9 Å². The van der Waals surface area contributed by atoms with Gasteiger partial charge in [-0.1, -0.05) is 18.2 Å². The van der Waals surface area contributed by atoms with Crippen molar-refractivity contribution >= 4 is 11.9 Å². The molecule has 0 aliphatic rings. The zero-order valence-corrected chi connectivity index (χ0v) is 12.6. The molecule has 0 fully saturated rings. The van der Waals surface area contributed by atoms with Gasteiger partial charge in [0.05, 0.1) is 5.56 Å². The van der Waals surface area contributed by atoms with Gasteiger partial charge in [-0.25, -0.2) is 9.97 Å². The Kier molecular flexibility index (Phi) is 4.53. The number of aromatic nitrogens is 2. The highest BCUT2D eigenvalue weighted by Crippen LogP contribution is 2.32. The van der Waals surface area contributed by atoms with Gasteiger partial charge in [-0.05, 0) is 24.6 Å². The molecule has 8 heteroatoms. The summed E-state index contributed by atoms with van der Waals surface area (Å²) in [6.45, 7) is 1.45. The molecule has 1 amide bonds. The molecule has 23 heavy (non-hydrogen) atoms. The van der Waals surface area contributed by atoms with Crippen molar-refractivity contribution in [3.05, 3.63) is 52.8 Å². The molecule has 0 unspecified atom stereocenters. The maximum atomic E-state index is 13.0. The van der Waals surface area contributed by atoms with Gasteiger partial charge in [-0.15, -0.1) is 0 Å². The molecule has 0 saturated carbocycles. The number of nitrogens with two attached hydrogens (primary N) is 1. The van der Waals surface area contributed by atoms with Crippen LogP contribution in [0.4, 0.5) is 19.1 Å². The molecule has 122 valence electrons. The highest BCUT2D eigenvalue weighted by atomic mass is 19.4. The van der Waals surface area contributed by atoms with Crippen LogP contribution in [0.1, 0.15) is 27.3 Å². The van der Waals surface area contributed by atoms with Crippen LogP contribution in [0.5, 0.6) is 0 Å². The van der Waals surface area contributed by atoms with Crippen LogP contribution >= 0.6 is 0 Å². The van der Waals surface area contributed by atoms with Crippen LogP contribution < -0.4 is 5.73 Å². The van der Waals surface area contributed by atoms with Crippen LogP contribution in [-0.4, -0.2) is 27.8 Å². The van der Waals surface area contributed by atoms with Crippen LogP contribution in [-0.2, 0) is 12.7 Å². The Labute approximate surface area is 131 Å². The van der Waals surface area contributed by atoms with Crippen LogP contribution in [0.3, 0.4) is 0 Å². The zero-order chi connectivity index (χ0) is 17.2. The summed E-state index contributed by atoms with van der Waals surface area (Å²) in [5.74, 6) is -0.586. The Morgan fingerprint density at radius 2 is 1.91 bits per heavy atom. The van der Waals surface area contributed by atoms with Gasteiger partial charge in [0.1, 0.15) is 5.69 Å². The number of halogens is 3. The number of nitrogen functional groups attached to an aromatic ring is 1. The molecule has 2 rings (SSSR count). The van der Waals surface area contributed by atoms with Crippen molar-refractivity contribution in [2.24, 2.45) is 0 Å². The first-order valence-corrected chi connectivity index (χ1v) is 6.70. The van der Waals surface area contributed by atoms with E-state index in [9.17, 15) is 18.0 Å². The molecule has 0 saturated heterocycles. The fourth-order valence-electron chi connectivity index (χ4n) is 2.16. The first kappa shape index (κ1) is 16.7. The van der Waals surface area contributed by atoms with Crippen LogP contribution in [0.25, 0.3) is 0 Å². The van der Waals surface area contributed by atoms with Gasteiger partial charge >= 0.3 is 6.18 Å². The number of rotatable bonds is 3. The number of hydrogen-bond acceptors (Lipinski definition) is 4. The summed E-state index contributed by atoms with van der Waals surface area (Å²) < 4.78 is 39.0. The molecule has 0 atom stereocenters. The molecule has 1 aromatic heterocycles. The SMILES string of the molecule is Cc1cc(C(=O)N(C)Cc2ccccc2C(F)(F)F)nc(N)n1. The Bertz CT molecular complexity index is 711. The quantitative estimate of drug-likeness (QED) is 0.942. The molecule has 5 nitrogen and oxygen atoms in total. The van der Waals surface area contributed by atoms with Crippen LogP contribution in [0, 0.1) is 6.92 Å². The number of hydrogen-bond donors (Lipinski definition) is 1. The van der Waals surface area contributed by atoms with E-state index in [1.165, 1.54) is 31.3 Å². The lowest BCUT2D eigenvalue weighted by molar-refractivity contribution is -0.138. The third-order valence-electron chi connectivity index (χ3n) is 3.17. The maximum absolute atomic E-state index is 13.0. The van der Waals surface area contributed by atoms with Crippen molar-refractivity contribution in [3.63, 3.8) is 0 Å². The third kappa shape index (κ3) is 3.97. The topological polar surface area (TPSA) is 72.1 Å². The van der Waals surface area contributed by atoms with Crippen molar-refractivity contribution in [2.45, 2.75) is 19.6 Å². The molecule has 2 N–H and O–H groups in total. The number of anilines is 1. The highest BCUT2D eigenvalue weighted by molar-refractivity contribution is 5.92. The largest absolute Gasteiger partial charge is 0.416 e. The number of alkyl halides is 3. The van der Waals surface area contributed by atoms with Crippen molar-refractivity contribution in [3.8, 4) is 0 Å². The fraction of sp³-hybridized carbons (Fsp3) is 0.267. The standard InChI is InChI=1S/C15H15F3N4O/c1-9-7-12(21-14(19)20-9)13(23)22(2)8-10-5-3-4-6-11(10)15(16,17)18/h3-7H,8H2,1-2H3,(H2,19,20,21). The number of benzene rings is 1. The van der Waals surface area contributed by atoms with Gasteiger partial charge in [0, 0.05) is 19.3 Å². The second-order valence-electron chi connectivity index (χ2n) is 5.07. The average Bonchev–Trinajstić information content (AvgIpc) is 2.44. The van der Waals surface area contributed by atoms with Crippen molar-refractivity contribution < 1.29 is 18.0 Å². The Morgan fingerprint density at radius 1 is 1.26 bits per heavy atom. The Balaban J connectivity index is 2.26. The molecule has 0 aliphatic heterocycles. The third-order valence-corrected chi connectivity index (χ3v) is 3.17. The van der Waals surface area contributed by atoms with E-state index < -0.39 is 17.6 Å². The fourth-order valence-corrected chi connectivity index (χ4v) is 2.16. The second-order valence-corrected chi connectivity index (χ2v) is 5.07. The maximum Gasteiger partial charge on any atom is 0.416 e. The molecule has 0 bridgehead atoms. The lowest BCUT2D eigenvalue weighted by Crippen LogP contribution is -2.28. The number of amides is 1. The summed E-state index contributed by atoms with van der Waals surface area (Å²) >= 11 is 0. The molecule has 0 spiro atoms. The molecule has 1 aromatic carbocycles. The molecule has 0 radical (unpaired) electrons. The van der Waals surface area contributed by atoms with E-state index in [2.05, 4.69) is 9.97 Å². The Hall–Kier alpha value is -2.64. The number of aryl methyl sites for hydroxylation is 1. The molecule has 2 aromatic rings. The van der Waals surface area contributed by atoms with Gasteiger partial charge in [-0.3, -0.25) is 4.79 Å². The van der Waals surface area contributed by atoms with Gasteiger partial charge in [0.25, 0.3) is 5.91 Å². The van der Waals surface area contributed by atoms with Crippen LogP contribution in [0.15, 0.2) is 30.3 Å². The first-order chi connectivity index (χ1) is 10.7. The Morgan fingerprint density at radius 3 is 2.52 bits per heavy atom. The number of nitrogens with zero attached hydrogens (tertiary/aromatic N) is 3. The molecule has 1 heterocycles. The first-order valence-electron chi connectivity index (χ1n) is 6.70. The monoisotopic (exact) mass is 324 g/mol. The van der Waals surface area contributed by atoms with Gasteiger partial charge in [-0.2, -0.15) is 13.2 Å². The summed E-state index contributed by atoms with van der Waals surface area (Å²) in [6.07, 6.45) is -4.48. The summed E-state index contributed by atoms with van der Waals surface area (Å²) in [5.41, 5.74) is 5.28. The van der Waals surface area contributed by atoms with E-state index in [0.717, 1.165) is 11.0 Å². The summed E-state index contributed by atoms with van der Waals surface area (Å²) in [6, 6.07) is 6.57. The summed E-state index contributed by atoms with van der Waals surface area (Å²) in [7, 11) is 1.41. The molecular formula is C15H15F3N4O. The lowest BCUT2D eigenvalue weighted by Gasteiger charge is -2.20. The van der Waals surface area contributed by atoms with E-state index in [0.29, 0.717) is 5.69 Å². The minimum Gasteiger partial charge on any atom is -0.368 e. The minimum absolute atomic E-state index is 0.00889. The van der Waals surface area contributed by atoms with E-state index >= 15 is 0 Å². The van der Waals surface area contributed by atoms with E-state index in [-0.39, 0.29) is 23.8 Å². The smallest absolute Gasteiger partial charge is 0.368 e. The predicted molar refractivity (Wildman–Crippen MR) is 78.4 cm³/mol. The number of carbonyl (C=O) groups is 1. The molecular weight excluding hydrogens is 309 g/mol. The summed E-state index contributed by atoms with van der Waals surface area (Å²) in [5, 5.41) is 0. The lowest BCUT2D eigenvalue weighted by atomic mass is 10.1. The van der Waals surface area contributed by atoms with E-state index in [1.54, 1.807) is 6.92 Å². The van der Waals surface area contributed by atoms with Crippen LogP contribution in [0.2, 0.25) is 0 Å². The highest BCUT2D eigenvalue weighted by Gasteiger charge is 2.33. The van der Waals surface area contributed by atoms with Crippen molar-refractivity contribution in [1.29, 1.82) is 0 Å². The zero-order valence-electron chi connectivity index (χ0n) is 12.6. The second kappa shape index (κ2) is 6.23. The summed E-state index contributed by atoms with van der Waals surface area (Å²) in [4.78, 5) is 21.1. The predicted octanol–water partition coefficient (Wildman–Crippen LogP) is 2.66. The normalized spacial score (nSPS) is 11.3. The van der Waals surface area contributed by atoms with E-state index in [1.807, 2.05) is 0 Å². The van der Waals surface area contributed by atoms with Gasteiger partial charge in [0.15, 0.2) is 0 Å². The molecule has 0 aliphatic carbocycles. The van der Waals surface area contributed by atoms with Gasteiger partial charge < -0.3 is 10.6 Å². The number of carbonyl (C=O) groups excluding carboxylic acids is 1. The average molecular weight is 324 g/mol. The van der Waals surface area contributed by atoms with Gasteiger partial charge in [0.2, 0.25) is 5.95 Å². The van der Waals surface area contributed by atoms with Crippen molar-refractivity contribution in [2.75, 3.05) is 12.8 Å².